The van der Waals surface area contributed by atoms with Crippen LogP contribution in [0.15, 0.2) is 53.9 Å². The Balaban J connectivity index is 1.38. The maximum absolute atomic E-state index is 14.0. The first-order valence-corrected chi connectivity index (χ1v) is 10.2. The zero-order valence-electron chi connectivity index (χ0n) is 15.4. The van der Waals surface area contributed by atoms with Crippen LogP contribution in [0.2, 0.25) is 5.02 Å². The highest BCUT2D eigenvalue weighted by Crippen LogP contribution is 2.23. The van der Waals surface area contributed by atoms with Gasteiger partial charge < -0.3 is 10.6 Å². The van der Waals surface area contributed by atoms with Gasteiger partial charge in [0.25, 0.3) is 0 Å². The predicted molar refractivity (Wildman–Crippen MR) is 113 cm³/mol. The number of rotatable bonds is 5. The van der Waals surface area contributed by atoms with Crippen molar-refractivity contribution in [1.29, 1.82) is 0 Å². The fraction of sp³-hybridized carbons (Fsp3) is 0.100. The lowest BCUT2D eigenvalue weighted by atomic mass is 10.2. The fourth-order valence-electron chi connectivity index (χ4n) is 2.78. The van der Waals surface area contributed by atoms with Crippen molar-refractivity contribution in [1.82, 2.24) is 19.9 Å². The van der Waals surface area contributed by atoms with E-state index in [1.807, 2.05) is 5.38 Å². The van der Waals surface area contributed by atoms with Crippen LogP contribution in [0.5, 0.6) is 0 Å². The normalized spacial score (nSPS) is 10.9. The quantitative estimate of drug-likeness (QED) is 0.462. The second kappa shape index (κ2) is 8.60. The van der Waals surface area contributed by atoms with E-state index >= 15 is 0 Å². The number of nitrogens with zero attached hydrogens (tertiary/aromatic N) is 3. The number of carbonyl (C=O) groups is 2. The van der Waals surface area contributed by atoms with Gasteiger partial charge in [-0.1, -0.05) is 35.9 Å². The molecule has 2 aromatic carbocycles. The molecule has 4 rings (SSSR count). The summed E-state index contributed by atoms with van der Waals surface area (Å²) in [5.74, 6) is -1.67. The summed E-state index contributed by atoms with van der Waals surface area (Å²) in [6.45, 7) is 0.218. The Morgan fingerprint density at radius 1 is 1.10 bits per heavy atom. The van der Waals surface area contributed by atoms with E-state index < -0.39 is 17.6 Å². The van der Waals surface area contributed by atoms with Crippen LogP contribution in [0, 0.1) is 5.82 Å². The first-order valence-electron chi connectivity index (χ1n) is 8.94. The molecule has 0 radical (unpaired) electrons. The number of fused-ring (bicyclic) bond motifs is 1. The Labute approximate surface area is 179 Å². The number of halogens is 2. The van der Waals surface area contributed by atoms with Gasteiger partial charge in [0.1, 0.15) is 5.82 Å². The van der Waals surface area contributed by atoms with Gasteiger partial charge in [0.05, 0.1) is 22.0 Å². The summed E-state index contributed by atoms with van der Waals surface area (Å²) in [4.78, 5) is 29.0. The molecule has 2 N–H and O–H groups in total. The molecule has 0 saturated carbocycles. The molecule has 0 unspecified atom stereocenters. The summed E-state index contributed by atoms with van der Waals surface area (Å²) in [5, 5.41) is 11.6. The molecular weight excluding hydrogens is 429 g/mol. The topological polar surface area (TPSA) is 88.4 Å². The van der Waals surface area contributed by atoms with Crippen molar-refractivity contribution in [3.63, 3.8) is 0 Å². The summed E-state index contributed by atoms with van der Waals surface area (Å²) in [5.41, 5.74) is 1.47. The average molecular weight is 444 g/mol. The van der Waals surface area contributed by atoms with Crippen molar-refractivity contribution in [2.24, 2.45) is 0 Å². The molecule has 2 heterocycles. The fourth-order valence-corrected chi connectivity index (χ4v) is 3.82. The van der Waals surface area contributed by atoms with Crippen LogP contribution < -0.4 is 10.6 Å². The number of nitrogens with one attached hydrogen (secondary N) is 2. The summed E-state index contributed by atoms with van der Waals surface area (Å²) >= 11 is 7.34. The Hall–Kier alpha value is -3.30. The molecule has 2 amide bonds. The Morgan fingerprint density at radius 3 is 2.67 bits per heavy atom. The lowest BCUT2D eigenvalue weighted by Crippen LogP contribution is -2.36. The van der Waals surface area contributed by atoms with Crippen LogP contribution in [0.1, 0.15) is 5.69 Å². The van der Waals surface area contributed by atoms with Crippen molar-refractivity contribution < 1.29 is 14.0 Å². The second-order valence-electron chi connectivity index (χ2n) is 6.28. The second-order valence-corrected chi connectivity index (χ2v) is 7.52. The summed E-state index contributed by atoms with van der Waals surface area (Å²) in [7, 11) is 0. The monoisotopic (exact) mass is 443 g/mol. The van der Waals surface area contributed by atoms with Crippen LogP contribution in [0.25, 0.3) is 16.3 Å². The van der Waals surface area contributed by atoms with E-state index in [-0.39, 0.29) is 6.54 Å². The predicted octanol–water partition coefficient (Wildman–Crippen LogP) is 3.55. The molecule has 4 aromatic rings. The molecule has 10 heteroatoms. The van der Waals surface area contributed by atoms with Gasteiger partial charge in [0.2, 0.25) is 4.96 Å². The SMILES string of the molecule is O=C(NCCc1csc2nc(-c3ccccc3F)nn12)C(=O)Nc1ccccc1Cl. The number of benzene rings is 2. The minimum Gasteiger partial charge on any atom is -0.347 e. The third-order valence-electron chi connectivity index (χ3n) is 4.26. The van der Waals surface area contributed by atoms with Gasteiger partial charge in [0.15, 0.2) is 5.82 Å². The Kier molecular flexibility index (Phi) is 5.73. The van der Waals surface area contributed by atoms with Crippen LogP contribution in [0.3, 0.4) is 0 Å². The first-order chi connectivity index (χ1) is 14.5. The number of carbonyl (C=O) groups excluding carboxylic acids is 2. The molecule has 0 atom stereocenters. The first kappa shape index (κ1) is 20.0. The number of para-hydroxylation sites is 1. The molecule has 2 aromatic heterocycles. The highest BCUT2D eigenvalue weighted by Gasteiger charge is 2.16. The third-order valence-corrected chi connectivity index (χ3v) is 5.45. The largest absolute Gasteiger partial charge is 0.347 e. The summed E-state index contributed by atoms with van der Waals surface area (Å²) < 4.78 is 15.6. The Bertz CT molecular complexity index is 1240. The van der Waals surface area contributed by atoms with Crippen LogP contribution in [-0.2, 0) is 16.0 Å². The van der Waals surface area contributed by atoms with Crippen molar-refractivity contribution in [2.75, 3.05) is 11.9 Å². The number of hydrogen-bond donors (Lipinski definition) is 2. The van der Waals surface area contributed by atoms with Crippen molar-refractivity contribution >= 4 is 45.4 Å². The third kappa shape index (κ3) is 4.17. The molecule has 0 aliphatic heterocycles. The van der Waals surface area contributed by atoms with Crippen LogP contribution in [-0.4, -0.2) is 33.0 Å². The molecule has 0 saturated heterocycles. The standard InChI is InChI=1S/C20H15ClFN5O2S/c21-14-6-2-4-8-16(14)24-19(29)18(28)23-10-9-12-11-30-20-25-17(26-27(12)20)13-5-1-3-7-15(13)22/h1-8,11H,9-10H2,(H,23,28)(H,24,29). The molecule has 0 spiro atoms. The van der Waals surface area contributed by atoms with E-state index in [9.17, 15) is 14.0 Å². The van der Waals surface area contributed by atoms with Crippen molar-refractivity contribution in [2.45, 2.75) is 6.42 Å². The van der Waals surface area contributed by atoms with Gasteiger partial charge >= 0.3 is 11.8 Å². The lowest BCUT2D eigenvalue weighted by Gasteiger charge is -2.07. The van der Waals surface area contributed by atoms with Gasteiger partial charge in [-0.25, -0.2) is 8.91 Å². The summed E-state index contributed by atoms with van der Waals surface area (Å²) in [6.07, 6.45) is 0.422. The molecule has 0 fully saturated rings. The number of hydrogen-bond acceptors (Lipinski definition) is 5. The maximum Gasteiger partial charge on any atom is 0.313 e. The van der Waals surface area contributed by atoms with Crippen LogP contribution >= 0.6 is 22.9 Å². The maximum atomic E-state index is 14.0. The van der Waals surface area contributed by atoms with Crippen LogP contribution in [0.4, 0.5) is 10.1 Å². The molecule has 152 valence electrons. The van der Waals surface area contributed by atoms with Gasteiger partial charge in [0, 0.05) is 18.3 Å². The molecule has 7 nitrogen and oxygen atoms in total. The number of aromatic nitrogens is 3. The molecule has 0 aliphatic carbocycles. The lowest BCUT2D eigenvalue weighted by molar-refractivity contribution is -0.136. The molecule has 0 bridgehead atoms. The van der Waals surface area contributed by atoms with E-state index in [2.05, 4.69) is 20.7 Å². The number of anilines is 1. The van der Waals surface area contributed by atoms with E-state index in [0.29, 0.717) is 33.5 Å². The molecule has 30 heavy (non-hydrogen) atoms. The highest BCUT2D eigenvalue weighted by molar-refractivity contribution is 7.15. The van der Waals surface area contributed by atoms with Crippen molar-refractivity contribution in [3.8, 4) is 11.4 Å². The van der Waals surface area contributed by atoms with Gasteiger partial charge in [-0.3, -0.25) is 9.59 Å². The zero-order chi connectivity index (χ0) is 21.1. The van der Waals surface area contributed by atoms with E-state index in [1.54, 1.807) is 47.0 Å². The Morgan fingerprint density at radius 2 is 1.87 bits per heavy atom. The van der Waals surface area contributed by atoms with Gasteiger partial charge in [-0.15, -0.1) is 16.4 Å². The van der Waals surface area contributed by atoms with Crippen molar-refractivity contribution in [3.05, 3.63) is 70.4 Å². The summed E-state index contributed by atoms with van der Waals surface area (Å²) in [6, 6.07) is 12.9. The smallest absolute Gasteiger partial charge is 0.313 e. The minimum absolute atomic E-state index is 0.218. The van der Waals surface area contributed by atoms with Gasteiger partial charge in [-0.2, -0.15) is 4.98 Å². The highest BCUT2D eigenvalue weighted by atomic mass is 35.5. The van der Waals surface area contributed by atoms with E-state index in [4.69, 9.17) is 11.6 Å². The number of thiazole rings is 1. The minimum atomic E-state index is -0.804. The van der Waals surface area contributed by atoms with Gasteiger partial charge in [-0.05, 0) is 24.3 Å². The molecular formula is C20H15ClFN5O2S. The number of amides is 2. The van der Waals surface area contributed by atoms with E-state index in [0.717, 1.165) is 5.69 Å². The van der Waals surface area contributed by atoms with E-state index in [1.165, 1.54) is 17.4 Å². The average Bonchev–Trinajstić information content (AvgIpc) is 3.31. The molecule has 0 aliphatic rings. The zero-order valence-corrected chi connectivity index (χ0v) is 17.0.